The Hall–Kier alpha value is -0.640. The number of nitrogens with one attached hydrogen (secondary N) is 1. The van der Waals surface area contributed by atoms with E-state index in [0.717, 1.165) is 0 Å². The normalized spacial score (nSPS) is 11.2. The number of rotatable bonds is 3. The highest BCUT2D eigenvalue weighted by atomic mass is 32.2. The second-order valence-corrected chi connectivity index (χ2v) is 2.83. The molecule has 0 saturated carbocycles. The second-order valence-electron chi connectivity index (χ2n) is 2.00. The number of carboxylic acids is 1. The quantitative estimate of drug-likeness (QED) is 0.327. The molecule has 0 aliphatic heterocycles. The lowest BCUT2D eigenvalue weighted by Gasteiger charge is -2.08. The third kappa shape index (κ3) is 13.9. The van der Waals surface area contributed by atoms with E-state index in [1.807, 2.05) is 0 Å². The van der Waals surface area contributed by atoms with Crippen LogP contribution in [0.4, 0.5) is 0 Å². The Bertz CT molecular complexity index is 216. The maximum Gasteiger partial charge on any atom is 0.327 e. The molecule has 9 heteroatoms. The summed E-state index contributed by atoms with van der Waals surface area (Å²) < 4.78 is 22.8. The molecule has 0 saturated heterocycles. The predicted octanol–water partition coefficient (Wildman–Crippen LogP) is -0.813. The number of aliphatic carboxylic acids is 1. The maximum absolute atomic E-state index is 10.3. The first kappa shape index (κ1) is 15.8. The predicted molar refractivity (Wildman–Crippen MR) is 52.5 cm³/mol. The van der Waals surface area contributed by atoms with E-state index in [0.29, 0.717) is 0 Å². The molecule has 0 aromatic rings. The molecule has 1 atom stereocenters. The van der Waals surface area contributed by atoms with Gasteiger partial charge in [-0.05, 0) is 0 Å². The molecule has 0 fully saturated rings. The van der Waals surface area contributed by atoms with Crippen LogP contribution in [0, 0.1) is 0 Å². The average Bonchev–Trinajstić information content (AvgIpc) is 1.98. The van der Waals surface area contributed by atoms with Crippen molar-refractivity contribution >= 4 is 35.9 Å². The van der Waals surface area contributed by atoms with Gasteiger partial charge in [0.2, 0.25) is 5.91 Å². The standard InChI is InChI=1S/C5H9NO3S.H2O3S/c1-3(7)6-4(2-10)5(8)9;1-4(2)3/h4,10H,2H2,1H3,(H,6,7)(H,8,9);(H2,1,2,3)/t4-;/m0./s1. The number of thiol groups is 1. The van der Waals surface area contributed by atoms with Crippen LogP contribution in [0.2, 0.25) is 0 Å². The van der Waals surface area contributed by atoms with E-state index in [4.69, 9.17) is 18.4 Å². The molecule has 0 aliphatic carbocycles. The first-order valence-corrected chi connectivity index (χ1v) is 4.91. The largest absolute Gasteiger partial charge is 0.480 e. The minimum atomic E-state index is -2.61. The molecule has 14 heavy (non-hydrogen) atoms. The zero-order valence-electron chi connectivity index (χ0n) is 7.21. The third-order valence-electron chi connectivity index (χ3n) is 0.858. The van der Waals surface area contributed by atoms with E-state index in [1.165, 1.54) is 6.92 Å². The number of carboxylic acid groups (broad SMARTS) is 1. The van der Waals surface area contributed by atoms with Crippen LogP contribution in [0.15, 0.2) is 0 Å². The van der Waals surface area contributed by atoms with Crippen LogP contribution in [0.1, 0.15) is 6.92 Å². The Morgan fingerprint density at radius 1 is 1.50 bits per heavy atom. The Morgan fingerprint density at radius 2 is 1.86 bits per heavy atom. The molecule has 0 spiro atoms. The number of carbonyl (C=O) groups excluding carboxylic acids is 1. The van der Waals surface area contributed by atoms with Gasteiger partial charge >= 0.3 is 5.97 Å². The first-order chi connectivity index (χ1) is 6.31. The van der Waals surface area contributed by atoms with Crippen molar-refractivity contribution in [1.82, 2.24) is 5.32 Å². The van der Waals surface area contributed by atoms with Gasteiger partial charge in [-0.15, -0.1) is 0 Å². The maximum atomic E-state index is 10.3. The smallest absolute Gasteiger partial charge is 0.327 e. The van der Waals surface area contributed by atoms with Gasteiger partial charge in [-0.1, -0.05) is 0 Å². The minimum absolute atomic E-state index is 0.106. The summed E-state index contributed by atoms with van der Waals surface area (Å²) in [4.78, 5) is 20.5. The van der Waals surface area contributed by atoms with Crippen molar-refractivity contribution in [3.05, 3.63) is 0 Å². The van der Waals surface area contributed by atoms with Crippen LogP contribution in [0.5, 0.6) is 0 Å². The van der Waals surface area contributed by atoms with E-state index in [2.05, 4.69) is 17.9 Å². The van der Waals surface area contributed by atoms with E-state index < -0.39 is 23.4 Å². The van der Waals surface area contributed by atoms with Gasteiger partial charge in [0.1, 0.15) is 6.04 Å². The summed E-state index contributed by atoms with van der Waals surface area (Å²) >= 11 is 1.12. The number of carbonyl (C=O) groups is 2. The Labute approximate surface area is 88.4 Å². The molecule has 84 valence electrons. The molecule has 0 unspecified atom stereocenters. The van der Waals surface area contributed by atoms with Crippen LogP contribution in [0.3, 0.4) is 0 Å². The lowest BCUT2D eigenvalue weighted by atomic mass is 10.3. The first-order valence-electron chi connectivity index (χ1n) is 3.22. The summed E-state index contributed by atoms with van der Waals surface area (Å²) in [5, 5.41) is 10.6. The molecule has 1 amide bonds. The van der Waals surface area contributed by atoms with Crippen molar-refractivity contribution in [2.45, 2.75) is 13.0 Å². The van der Waals surface area contributed by atoms with E-state index in [1.54, 1.807) is 0 Å². The highest BCUT2D eigenvalue weighted by Gasteiger charge is 2.15. The fraction of sp³-hybridized carbons (Fsp3) is 0.600. The molecule has 4 N–H and O–H groups in total. The SMILES string of the molecule is CC(=O)N[C@@H](CS)C(=O)O.O=S(O)O. The molecule has 7 nitrogen and oxygen atoms in total. The number of amides is 1. The molecule has 0 rings (SSSR count). The number of hydrogen-bond donors (Lipinski definition) is 5. The summed E-state index contributed by atoms with van der Waals surface area (Å²) in [6.07, 6.45) is 0. The lowest BCUT2D eigenvalue weighted by molar-refractivity contribution is -0.140. The van der Waals surface area contributed by atoms with Gasteiger partial charge in [0.25, 0.3) is 11.4 Å². The molecule has 0 radical (unpaired) electrons. The highest BCUT2D eigenvalue weighted by molar-refractivity contribution is 7.80. The van der Waals surface area contributed by atoms with Gasteiger partial charge in [-0.3, -0.25) is 13.9 Å². The van der Waals surface area contributed by atoms with Crippen molar-refractivity contribution in [1.29, 1.82) is 0 Å². The fourth-order valence-electron chi connectivity index (χ4n) is 0.431. The van der Waals surface area contributed by atoms with Crippen LogP contribution in [0.25, 0.3) is 0 Å². The van der Waals surface area contributed by atoms with Crippen LogP contribution >= 0.6 is 12.6 Å². The molecule has 0 aromatic carbocycles. The molecule has 0 heterocycles. The molecular formula is C5H11NO6S2. The van der Waals surface area contributed by atoms with Crippen LogP contribution in [-0.2, 0) is 21.0 Å². The average molecular weight is 245 g/mol. The topological polar surface area (TPSA) is 124 Å². The minimum Gasteiger partial charge on any atom is -0.480 e. The summed E-state index contributed by atoms with van der Waals surface area (Å²) in [5.41, 5.74) is 0. The van der Waals surface area contributed by atoms with Crippen molar-refractivity contribution in [2.24, 2.45) is 0 Å². The van der Waals surface area contributed by atoms with Gasteiger partial charge in [0.05, 0.1) is 0 Å². The summed E-state index contributed by atoms with van der Waals surface area (Å²) in [7, 11) is 0. The van der Waals surface area contributed by atoms with Gasteiger partial charge in [-0.25, -0.2) is 4.79 Å². The Morgan fingerprint density at radius 3 is 1.93 bits per heavy atom. The summed E-state index contributed by atoms with van der Waals surface area (Å²) in [6.45, 7) is 1.26. The van der Waals surface area contributed by atoms with E-state index in [-0.39, 0.29) is 11.7 Å². The zero-order chi connectivity index (χ0) is 11.7. The monoisotopic (exact) mass is 245 g/mol. The highest BCUT2D eigenvalue weighted by Crippen LogP contribution is 1.86. The van der Waals surface area contributed by atoms with Gasteiger partial charge < -0.3 is 10.4 Å². The van der Waals surface area contributed by atoms with Crippen LogP contribution < -0.4 is 5.32 Å². The van der Waals surface area contributed by atoms with E-state index >= 15 is 0 Å². The molecule has 0 aromatic heterocycles. The van der Waals surface area contributed by atoms with Gasteiger partial charge in [-0.2, -0.15) is 16.8 Å². The van der Waals surface area contributed by atoms with Gasteiger partial charge in [0, 0.05) is 12.7 Å². The number of hydrogen-bond acceptors (Lipinski definition) is 4. The lowest BCUT2D eigenvalue weighted by Crippen LogP contribution is -2.40. The van der Waals surface area contributed by atoms with Crippen molar-refractivity contribution in [3.63, 3.8) is 0 Å². The molecular weight excluding hydrogens is 234 g/mol. The summed E-state index contributed by atoms with van der Waals surface area (Å²) in [5.74, 6) is -1.32. The van der Waals surface area contributed by atoms with Crippen LogP contribution in [-0.4, -0.2) is 42.1 Å². The van der Waals surface area contributed by atoms with Crippen molar-refractivity contribution in [3.8, 4) is 0 Å². The van der Waals surface area contributed by atoms with Crippen molar-refractivity contribution in [2.75, 3.05) is 5.75 Å². The van der Waals surface area contributed by atoms with Crippen molar-refractivity contribution < 1.29 is 28.0 Å². The molecule has 0 aliphatic rings. The third-order valence-corrected chi connectivity index (χ3v) is 1.22. The van der Waals surface area contributed by atoms with E-state index in [9.17, 15) is 9.59 Å². The molecule has 0 bridgehead atoms. The Balaban J connectivity index is 0. The van der Waals surface area contributed by atoms with Gasteiger partial charge in [0.15, 0.2) is 0 Å². The summed E-state index contributed by atoms with van der Waals surface area (Å²) in [6, 6.07) is -0.874. The second kappa shape index (κ2) is 8.94. The fourth-order valence-corrected chi connectivity index (χ4v) is 0.678. The zero-order valence-corrected chi connectivity index (χ0v) is 8.92. The Kier molecular flexibility index (Phi) is 10.1.